The minimum Gasteiger partial charge on any atom is -0.343 e. The van der Waals surface area contributed by atoms with Gasteiger partial charge in [0, 0.05) is 37.2 Å². The Morgan fingerprint density at radius 1 is 1.15 bits per heavy atom. The number of likely N-dealkylation sites (tertiary alicyclic amines) is 1. The monoisotopic (exact) mass is 378 g/mol. The summed E-state index contributed by atoms with van der Waals surface area (Å²) in [5.74, 6) is 1.51. The van der Waals surface area contributed by atoms with Crippen molar-refractivity contribution in [3.63, 3.8) is 0 Å². The Hall–Kier alpha value is -2.73. The lowest BCUT2D eigenvalue weighted by Gasteiger charge is -2.31. The first kappa shape index (κ1) is 17.7. The number of hydrogen-bond donors (Lipinski definition) is 1. The fraction of sp³-hybridized carbons (Fsp3) is 0.286. The summed E-state index contributed by atoms with van der Waals surface area (Å²) in [4.78, 5) is 22.3. The molecule has 138 valence electrons. The highest BCUT2D eigenvalue weighted by Gasteiger charge is 2.21. The van der Waals surface area contributed by atoms with Gasteiger partial charge in [0.15, 0.2) is 5.13 Å². The van der Waals surface area contributed by atoms with Crippen LogP contribution in [0.25, 0.3) is 11.3 Å². The molecule has 6 heteroatoms. The van der Waals surface area contributed by atoms with Gasteiger partial charge in [-0.2, -0.15) is 0 Å². The maximum absolute atomic E-state index is 11.5. The molecule has 5 nitrogen and oxygen atoms in total. The number of aromatic nitrogens is 2. The van der Waals surface area contributed by atoms with Crippen LogP contribution in [0.2, 0.25) is 0 Å². The Morgan fingerprint density at radius 3 is 2.59 bits per heavy atom. The lowest BCUT2D eigenvalue weighted by atomic mass is 9.89. The van der Waals surface area contributed by atoms with E-state index in [0.717, 1.165) is 48.1 Å². The molecule has 1 aromatic carbocycles. The number of piperidine rings is 1. The van der Waals surface area contributed by atoms with Gasteiger partial charge in [0.2, 0.25) is 5.91 Å². The first-order valence-electron chi connectivity index (χ1n) is 9.18. The smallest absolute Gasteiger partial charge is 0.219 e. The second kappa shape index (κ2) is 7.88. The fourth-order valence-electron chi connectivity index (χ4n) is 3.46. The molecule has 1 fully saturated rings. The van der Waals surface area contributed by atoms with Crippen LogP contribution in [0.1, 0.15) is 31.2 Å². The Balaban J connectivity index is 1.42. The number of amides is 1. The Bertz CT molecular complexity index is 899. The summed E-state index contributed by atoms with van der Waals surface area (Å²) >= 11 is 1.57. The summed E-state index contributed by atoms with van der Waals surface area (Å²) in [5.41, 5.74) is 3.44. The van der Waals surface area contributed by atoms with Gasteiger partial charge < -0.3 is 10.2 Å². The zero-order valence-corrected chi connectivity index (χ0v) is 16.1. The molecule has 1 aliphatic rings. The Labute approximate surface area is 163 Å². The highest BCUT2D eigenvalue weighted by Crippen LogP contribution is 2.31. The van der Waals surface area contributed by atoms with Crippen molar-refractivity contribution in [3.05, 3.63) is 59.6 Å². The third-order valence-electron chi connectivity index (χ3n) is 5.02. The van der Waals surface area contributed by atoms with E-state index in [1.54, 1.807) is 24.5 Å². The topological polar surface area (TPSA) is 58.1 Å². The predicted molar refractivity (Wildman–Crippen MR) is 109 cm³/mol. The molecule has 1 N–H and O–H groups in total. The third-order valence-corrected chi connectivity index (χ3v) is 5.78. The molecule has 0 spiro atoms. The molecule has 27 heavy (non-hydrogen) atoms. The number of anilines is 2. The normalized spacial score (nSPS) is 14.9. The van der Waals surface area contributed by atoms with E-state index in [4.69, 9.17) is 0 Å². The van der Waals surface area contributed by atoms with Gasteiger partial charge in [0.1, 0.15) is 5.82 Å². The first-order valence-corrected chi connectivity index (χ1v) is 10.1. The highest BCUT2D eigenvalue weighted by molar-refractivity contribution is 7.14. The first-order chi connectivity index (χ1) is 13.2. The molecule has 0 bridgehead atoms. The van der Waals surface area contributed by atoms with Crippen molar-refractivity contribution in [1.82, 2.24) is 14.9 Å². The summed E-state index contributed by atoms with van der Waals surface area (Å²) in [6, 6.07) is 14.5. The standard InChI is InChI=1S/C21H22N4OS/c1-15(26)25-12-9-17(10-13-25)16-5-7-18(8-6-16)19-14-27-21(23-19)24-20-4-2-3-11-22-20/h2-8,11,14,17H,9-10,12-13H2,1H3,(H,22,23,24). The lowest BCUT2D eigenvalue weighted by molar-refractivity contribution is -0.129. The van der Waals surface area contributed by atoms with Crippen molar-refractivity contribution >= 4 is 28.2 Å². The summed E-state index contributed by atoms with van der Waals surface area (Å²) in [6.45, 7) is 3.37. The van der Waals surface area contributed by atoms with Gasteiger partial charge in [-0.25, -0.2) is 9.97 Å². The van der Waals surface area contributed by atoms with E-state index in [-0.39, 0.29) is 5.91 Å². The molecule has 0 saturated carbocycles. The molecule has 0 atom stereocenters. The SMILES string of the molecule is CC(=O)N1CCC(c2ccc(-c3csc(Nc4ccccn4)n3)cc2)CC1. The van der Waals surface area contributed by atoms with Crippen molar-refractivity contribution in [1.29, 1.82) is 0 Å². The van der Waals surface area contributed by atoms with Crippen molar-refractivity contribution in [2.24, 2.45) is 0 Å². The van der Waals surface area contributed by atoms with Gasteiger partial charge in [0.05, 0.1) is 5.69 Å². The van der Waals surface area contributed by atoms with Crippen LogP contribution in [0.4, 0.5) is 10.9 Å². The molecule has 0 unspecified atom stereocenters. The van der Waals surface area contributed by atoms with E-state index in [0.29, 0.717) is 5.92 Å². The number of nitrogens with one attached hydrogen (secondary N) is 1. The number of thiazole rings is 1. The maximum atomic E-state index is 11.5. The van der Waals surface area contributed by atoms with E-state index in [1.165, 1.54) is 5.56 Å². The zero-order chi connectivity index (χ0) is 18.6. The molecule has 1 aliphatic heterocycles. The number of carbonyl (C=O) groups is 1. The van der Waals surface area contributed by atoms with Crippen LogP contribution in [0, 0.1) is 0 Å². The maximum Gasteiger partial charge on any atom is 0.219 e. The number of nitrogens with zero attached hydrogens (tertiary/aromatic N) is 3. The molecule has 0 aliphatic carbocycles. The number of benzene rings is 1. The molecular formula is C21H22N4OS. The van der Waals surface area contributed by atoms with E-state index in [9.17, 15) is 4.79 Å². The van der Waals surface area contributed by atoms with Crippen LogP contribution in [0.15, 0.2) is 54.0 Å². The molecular weight excluding hydrogens is 356 g/mol. The van der Waals surface area contributed by atoms with Crippen molar-refractivity contribution in [3.8, 4) is 11.3 Å². The Kier molecular flexibility index (Phi) is 5.16. The van der Waals surface area contributed by atoms with E-state index >= 15 is 0 Å². The molecule has 4 rings (SSSR count). The van der Waals surface area contributed by atoms with E-state index in [2.05, 4.69) is 44.9 Å². The van der Waals surface area contributed by atoms with Crippen molar-refractivity contribution in [2.45, 2.75) is 25.7 Å². The van der Waals surface area contributed by atoms with Gasteiger partial charge in [-0.05, 0) is 36.5 Å². The van der Waals surface area contributed by atoms with Crippen LogP contribution in [-0.4, -0.2) is 33.9 Å². The van der Waals surface area contributed by atoms with Gasteiger partial charge in [-0.1, -0.05) is 30.3 Å². The molecule has 2 aromatic heterocycles. The number of rotatable bonds is 4. The summed E-state index contributed by atoms with van der Waals surface area (Å²) < 4.78 is 0. The molecule has 0 radical (unpaired) electrons. The largest absolute Gasteiger partial charge is 0.343 e. The van der Waals surface area contributed by atoms with Gasteiger partial charge in [0.25, 0.3) is 0 Å². The summed E-state index contributed by atoms with van der Waals surface area (Å²) in [7, 11) is 0. The van der Waals surface area contributed by atoms with Crippen LogP contribution >= 0.6 is 11.3 Å². The number of pyridine rings is 1. The second-order valence-corrected chi connectivity index (χ2v) is 7.64. The van der Waals surface area contributed by atoms with Crippen LogP contribution in [-0.2, 0) is 4.79 Å². The number of carbonyl (C=O) groups excluding carboxylic acids is 1. The lowest BCUT2D eigenvalue weighted by Crippen LogP contribution is -2.36. The van der Waals surface area contributed by atoms with Crippen molar-refractivity contribution < 1.29 is 4.79 Å². The Morgan fingerprint density at radius 2 is 1.93 bits per heavy atom. The minimum absolute atomic E-state index is 0.183. The van der Waals surface area contributed by atoms with E-state index in [1.807, 2.05) is 23.1 Å². The van der Waals surface area contributed by atoms with Gasteiger partial charge in [-0.15, -0.1) is 11.3 Å². The fourth-order valence-corrected chi connectivity index (χ4v) is 4.19. The van der Waals surface area contributed by atoms with Crippen LogP contribution < -0.4 is 5.32 Å². The average Bonchev–Trinajstić information content (AvgIpc) is 3.17. The minimum atomic E-state index is 0.183. The molecule has 1 amide bonds. The zero-order valence-electron chi connectivity index (χ0n) is 15.3. The summed E-state index contributed by atoms with van der Waals surface area (Å²) in [5, 5.41) is 6.13. The average molecular weight is 379 g/mol. The van der Waals surface area contributed by atoms with E-state index < -0.39 is 0 Å². The third kappa shape index (κ3) is 4.17. The predicted octanol–water partition coefficient (Wildman–Crippen LogP) is 4.67. The van der Waals surface area contributed by atoms with Crippen LogP contribution in [0.3, 0.4) is 0 Å². The van der Waals surface area contributed by atoms with Crippen molar-refractivity contribution in [2.75, 3.05) is 18.4 Å². The molecule has 3 heterocycles. The quantitative estimate of drug-likeness (QED) is 0.716. The van der Waals surface area contributed by atoms with Gasteiger partial charge in [-0.3, -0.25) is 4.79 Å². The molecule has 1 saturated heterocycles. The highest BCUT2D eigenvalue weighted by atomic mass is 32.1. The van der Waals surface area contributed by atoms with Gasteiger partial charge >= 0.3 is 0 Å². The van der Waals surface area contributed by atoms with Crippen LogP contribution in [0.5, 0.6) is 0 Å². The summed E-state index contributed by atoms with van der Waals surface area (Å²) in [6.07, 6.45) is 3.83. The molecule has 3 aromatic rings. The number of hydrogen-bond acceptors (Lipinski definition) is 5. The second-order valence-electron chi connectivity index (χ2n) is 6.78.